The minimum Gasteiger partial charge on any atom is -0.452 e. The predicted octanol–water partition coefficient (Wildman–Crippen LogP) is 0.345. The van der Waals surface area contributed by atoms with Crippen molar-refractivity contribution >= 4 is 11.9 Å². The zero-order valence-electron chi connectivity index (χ0n) is 11.5. The summed E-state index contributed by atoms with van der Waals surface area (Å²) in [4.78, 5) is 23.1. The predicted molar refractivity (Wildman–Crippen MR) is 72.7 cm³/mol. The molecule has 21 heavy (non-hydrogen) atoms. The summed E-state index contributed by atoms with van der Waals surface area (Å²) in [5, 5.41) is 13.4. The fourth-order valence-electron chi connectivity index (χ4n) is 1.56. The smallest absolute Gasteiger partial charge is 0.338 e. The summed E-state index contributed by atoms with van der Waals surface area (Å²) in [7, 11) is 0. The van der Waals surface area contributed by atoms with Crippen LogP contribution in [0.1, 0.15) is 23.7 Å². The molecule has 0 aliphatic rings. The monoisotopic (exact) mass is 289 g/mol. The maximum atomic E-state index is 11.8. The van der Waals surface area contributed by atoms with Gasteiger partial charge in [-0.15, -0.1) is 5.10 Å². The van der Waals surface area contributed by atoms with Crippen LogP contribution in [0, 0.1) is 0 Å². The number of benzene rings is 1. The Balaban J connectivity index is 1.90. The van der Waals surface area contributed by atoms with Gasteiger partial charge in [0, 0.05) is 6.54 Å². The number of carbonyl (C=O) groups excluding carboxylic acids is 2. The molecule has 0 atom stereocenters. The van der Waals surface area contributed by atoms with Gasteiger partial charge >= 0.3 is 5.97 Å². The van der Waals surface area contributed by atoms with Crippen LogP contribution < -0.4 is 5.32 Å². The zero-order chi connectivity index (χ0) is 15.1. The Morgan fingerprint density at radius 3 is 2.67 bits per heavy atom. The van der Waals surface area contributed by atoms with Crippen molar-refractivity contribution in [3.05, 3.63) is 36.2 Å². The van der Waals surface area contributed by atoms with Crippen molar-refractivity contribution in [2.24, 2.45) is 0 Å². The van der Waals surface area contributed by atoms with Gasteiger partial charge in [0.2, 0.25) is 0 Å². The number of esters is 1. The molecule has 8 heteroatoms. The number of tetrazole rings is 1. The SMILES string of the molecule is CCCNC(=O)COC(=O)c1ccc(-n2cnnn2)cc1. The molecule has 0 unspecified atom stereocenters. The molecule has 1 N–H and O–H groups in total. The van der Waals surface area contributed by atoms with Crippen LogP contribution in [0.25, 0.3) is 5.69 Å². The normalized spacial score (nSPS) is 10.1. The Morgan fingerprint density at radius 1 is 1.29 bits per heavy atom. The van der Waals surface area contributed by atoms with Gasteiger partial charge in [0.25, 0.3) is 5.91 Å². The van der Waals surface area contributed by atoms with Crippen molar-refractivity contribution < 1.29 is 14.3 Å². The van der Waals surface area contributed by atoms with Gasteiger partial charge in [-0.1, -0.05) is 6.92 Å². The van der Waals surface area contributed by atoms with Crippen molar-refractivity contribution in [2.45, 2.75) is 13.3 Å². The minimum atomic E-state index is -0.551. The Hall–Kier alpha value is -2.77. The second-order valence-electron chi connectivity index (χ2n) is 4.23. The largest absolute Gasteiger partial charge is 0.452 e. The van der Waals surface area contributed by atoms with Crippen molar-refractivity contribution in [1.82, 2.24) is 25.5 Å². The lowest BCUT2D eigenvalue weighted by molar-refractivity contribution is -0.124. The molecule has 0 saturated carbocycles. The quantitative estimate of drug-likeness (QED) is 0.770. The van der Waals surface area contributed by atoms with E-state index in [4.69, 9.17) is 4.74 Å². The van der Waals surface area contributed by atoms with Crippen molar-refractivity contribution in [3.8, 4) is 5.69 Å². The third-order valence-electron chi connectivity index (χ3n) is 2.62. The van der Waals surface area contributed by atoms with Gasteiger partial charge in [0.15, 0.2) is 6.61 Å². The highest BCUT2D eigenvalue weighted by Gasteiger charge is 2.10. The van der Waals surface area contributed by atoms with Crippen LogP contribution in [0.4, 0.5) is 0 Å². The van der Waals surface area contributed by atoms with Crippen LogP contribution in [0.15, 0.2) is 30.6 Å². The van der Waals surface area contributed by atoms with Crippen molar-refractivity contribution in [3.63, 3.8) is 0 Å². The van der Waals surface area contributed by atoms with Gasteiger partial charge in [0.1, 0.15) is 6.33 Å². The highest BCUT2D eigenvalue weighted by molar-refractivity contribution is 5.91. The summed E-state index contributed by atoms with van der Waals surface area (Å²) < 4.78 is 6.38. The topological polar surface area (TPSA) is 99.0 Å². The molecule has 1 aromatic carbocycles. The molecule has 0 aliphatic heterocycles. The molecule has 1 heterocycles. The number of rotatable bonds is 6. The summed E-state index contributed by atoms with van der Waals surface area (Å²) in [6.45, 7) is 2.23. The van der Waals surface area contributed by atoms with Gasteiger partial charge in [-0.2, -0.15) is 0 Å². The first-order valence-corrected chi connectivity index (χ1v) is 6.48. The summed E-state index contributed by atoms with van der Waals surface area (Å²) in [5.41, 5.74) is 1.08. The molecule has 2 aromatic rings. The van der Waals surface area contributed by atoms with Crippen LogP contribution in [0.2, 0.25) is 0 Å². The summed E-state index contributed by atoms with van der Waals surface area (Å²) >= 11 is 0. The van der Waals surface area contributed by atoms with Crippen LogP contribution >= 0.6 is 0 Å². The van der Waals surface area contributed by atoms with E-state index < -0.39 is 5.97 Å². The van der Waals surface area contributed by atoms with E-state index in [1.165, 1.54) is 11.0 Å². The molecule has 0 fully saturated rings. The average Bonchev–Trinajstić information content (AvgIpc) is 3.05. The van der Waals surface area contributed by atoms with E-state index in [-0.39, 0.29) is 12.5 Å². The Labute approximate surface area is 121 Å². The van der Waals surface area contributed by atoms with E-state index in [9.17, 15) is 9.59 Å². The summed E-state index contributed by atoms with van der Waals surface area (Å²) in [5.74, 6) is -0.861. The van der Waals surface area contributed by atoms with E-state index in [0.717, 1.165) is 12.1 Å². The van der Waals surface area contributed by atoms with Gasteiger partial charge in [0.05, 0.1) is 11.3 Å². The highest BCUT2D eigenvalue weighted by Crippen LogP contribution is 2.08. The van der Waals surface area contributed by atoms with E-state index in [1.54, 1.807) is 24.3 Å². The maximum Gasteiger partial charge on any atom is 0.338 e. The van der Waals surface area contributed by atoms with E-state index >= 15 is 0 Å². The van der Waals surface area contributed by atoms with Crippen LogP contribution in [-0.2, 0) is 9.53 Å². The lowest BCUT2D eigenvalue weighted by Gasteiger charge is -2.06. The first kappa shape index (κ1) is 14.6. The minimum absolute atomic E-state index is 0.284. The van der Waals surface area contributed by atoms with Gasteiger partial charge in [-0.3, -0.25) is 4.79 Å². The number of carbonyl (C=O) groups is 2. The fourth-order valence-corrected chi connectivity index (χ4v) is 1.56. The lowest BCUT2D eigenvalue weighted by Crippen LogP contribution is -2.29. The Morgan fingerprint density at radius 2 is 2.05 bits per heavy atom. The maximum absolute atomic E-state index is 11.8. The first-order valence-electron chi connectivity index (χ1n) is 6.48. The lowest BCUT2D eigenvalue weighted by atomic mass is 10.2. The molecule has 1 aromatic heterocycles. The van der Waals surface area contributed by atoms with Crippen molar-refractivity contribution in [1.29, 1.82) is 0 Å². The third kappa shape index (κ3) is 4.10. The van der Waals surface area contributed by atoms with Crippen molar-refractivity contribution in [2.75, 3.05) is 13.2 Å². The van der Waals surface area contributed by atoms with Gasteiger partial charge in [-0.05, 0) is 41.1 Å². The molecule has 0 saturated heterocycles. The molecule has 0 spiro atoms. The molecule has 1 amide bonds. The van der Waals surface area contributed by atoms with E-state index in [0.29, 0.717) is 12.1 Å². The molecule has 2 rings (SSSR count). The highest BCUT2D eigenvalue weighted by atomic mass is 16.5. The number of ether oxygens (including phenoxy) is 1. The molecule has 0 radical (unpaired) electrons. The Bertz CT molecular complexity index is 595. The van der Waals surface area contributed by atoms with Gasteiger partial charge in [-0.25, -0.2) is 9.48 Å². The summed E-state index contributed by atoms with van der Waals surface area (Å²) in [6.07, 6.45) is 2.28. The van der Waals surface area contributed by atoms with Crippen LogP contribution in [0.3, 0.4) is 0 Å². The molecule has 110 valence electrons. The third-order valence-corrected chi connectivity index (χ3v) is 2.62. The Kier molecular flexibility index (Phi) is 4.97. The number of aromatic nitrogens is 4. The second-order valence-corrected chi connectivity index (χ2v) is 4.23. The summed E-state index contributed by atoms with van der Waals surface area (Å²) in [6, 6.07) is 6.54. The van der Waals surface area contributed by atoms with Gasteiger partial charge < -0.3 is 10.1 Å². The number of hydrogen-bond donors (Lipinski definition) is 1. The number of nitrogens with one attached hydrogen (secondary N) is 1. The standard InChI is InChI=1S/C13H15N5O3/c1-2-7-14-12(19)8-21-13(20)10-3-5-11(6-4-10)18-9-15-16-17-18/h3-6,9H,2,7-8H2,1H3,(H,14,19). The van der Waals surface area contributed by atoms with Crippen LogP contribution in [-0.4, -0.2) is 45.2 Å². The molecular formula is C13H15N5O3. The zero-order valence-corrected chi connectivity index (χ0v) is 11.5. The molecule has 8 nitrogen and oxygen atoms in total. The molecular weight excluding hydrogens is 274 g/mol. The fraction of sp³-hybridized carbons (Fsp3) is 0.308. The molecule has 0 aliphatic carbocycles. The average molecular weight is 289 g/mol. The first-order chi connectivity index (χ1) is 10.2. The molecule has 0 bridgehead atoms. The van der Waals surface area contributed by atoms with Crippen LogP contribution in [0.5, 0.6) is 0 Å². The van der Waals surface area contributed by atoms with E-state index in [1.807, 2.05) is 6.92 Å². The number of hydrogen-bond acceptors (Lipinski definition) is 6. The second kappa shape index (κ2) is 7.13. The van der Waals surface area contributed by atoms with E-state index in [2.05, 4.69) is 20.8 Å². The number of amides is 1. The number of nitrogens with zero attached hydrogens (tertiary/aromatic N) is 4.